The molecule has 1 aliphatic heterocycles. The van der Waals surface area contributed by atoms with Crippen LogP contribution in [0.1, 0.15) is 25.8 Å². The summed E-state index contributed by atoms with van der Waals surface area (Å²) >= 11 is 0. The SMILES string of the molecule is CCCOc1ccc(CNC(=O)C(C)C2CNC2)cc1OC. The molecule has 2 N–H and O–H groups in total. The van der Waals surface area contributed by atoms with Crippen LogP contribution in [0.2, 0.25) is 0 Å². The lowest BCUT2D eigenvalue weighted by Crippen LogP contribution is -2.49. The third-order valence-electron chi connectivity index (χ3n) is 4.09. The molecule has 0 aliphatic carbocycles. The Morgan fingerprint density at radius 3 is 2.77 bits per heavy atom. The summed E-state index contributed by atoms with van der Waals surface area (Å²) in [4.78, 5) is 12.1. The second-order valence-electron chi connectivity index (χ2n) is 5.76. The molecule has 122 valence electrons. The van der Waals surface area contributed by atoms with Gasteiger partial charge in [-0.15, -0.1) is 0 Å². The number of amides is 1. The smallest absolute Gasteiger partial charge is 0.223 e. The highest BCUT2D eigenvalue weighted by molar-refractivity contribution is 5.78. The molecule has 22 heavy (non-hydrogen) atoms. The van der Waals surface area contributed by atoms with E-state index in [9.17, 15) is 4.79 Å². The zero-order valence-corrected chi connectivity index (χ0v) is 13.6. The maximum Gasteiger partial charge on any atom is 0.223 e. The predicted octanol–water partition coefficient (Wildman–Crippen LogP) is 1.96. The standard InChI is InChI=1S/C17H26N2O3/c1-4-7-22-15-6-5-13(8-16(15)21-3)9-19-17(20)12(2)14-10-18-11-14/h5-6,8,12,14,18H,4,7,9-11H2,1-3H3,(H,19,20). The molecule has 0 bridgehead atoms. The van der Waals surface area contributed by atoms with Crippen molar-refractivity contribution in [1.29, 1.82) is 0 Å². The summed E-state index contributed by atoms with van der Waals surface area (Å²) in [6.45, 7) is 7.10. The zero-order valence-electron chi connectivity index (χ0n) is 13.6. The van der Waals surface area contributed by atoms with Gasteiger partial charge in [-0.1, -0.05) is 19.9 Å². The van der Waals surface area contributed by atoms with Gasteiger partial charge in [0.2, 0.25) is 5.91 Å². The van der Waals surface area contributed by atoms with Crippen LogP contribution in [0.3, 0.4) is 0 Å². The van der Waals surface area contributed by atoms with Crippen LogP contribution in [0.15, 0.2) is 18.2 Å². The number of hydrogen-bond acceptors (Lipinski definition) is 4. The van der Waals surface area contributed by atoms with E-state index >= 15 is 0 Å². The first-order valence-corrected chi connectivity index (χ1v) is 7.93. The van der Waals surface area contributed by atoms with E-state index in [0.717, 1.165) is 30.8 Å². The van der Waals surface area contributed by atoms with Crippen LogP contribution in [0, 0.1) is 11.8 Å². The Morgan fingerprint density at radius 2 is 2.18 bits per heavy atom. The number of carbonyl (C=O) groups excluding carboxylic acids is 1. The van der Waals surface area contributed by atoms with E-state index in [4.69, 9.17) is 9.47 Å². The van der Waals surface area contributed by atoms with Crippen molar-refractivity contribution < 1.29 is 14.3 Å². The molecule has 1 aromatic rings. The lowest BCUT2D eigenvalue weighted by Gasteiger charge is -2.31. The molecule has 1 aliphatic rings. The highest BCUT2D eigenvalue weighted by atomic mass is 16.5. The lowest BCUT2D eigenvalue weighted by atomic mass is 9.88. The topological polar surface area (TPSA) is 59.6 Å². The van der Waals surface area contributed by atoms with Gasteiger partial charge in [0.05, 0.1) is 13.7 Å². The number of methoxy groups -OCH3 is 1. The molecule has 1 heterocycles. The minimum atomic E-state index is 0.0512. The van der Waals surface area contributed by atoms with E-state index in [1.165, 1.54) is 0 Å². The monoisotopic (exact) mass is 306 g/mol. The van der Waals surface area contributed by atoms with E-state index in [-0.39, 0.29) is 11.8 Å². The van der Waals surface area contributed by atoms with Gasteiger partial charge in [0.15, 0.2) is 11.5 Å². The number of carbonyl (C=O) groups is 1. The van der Waals surface area contributed by atoms with Gasteiger partial charge in [0.1, 0.15) is 0 Å². The van der Waals surface area contributed by atoms with Crippen LogP contribution in [-0.4, -0.2) is 32.7 Å². The third-order valence-corrected chi connectivity index (χ3v) is 4.09. The van der Waals surface area contributed by atoms with Crippen LogP contribution >= 0.6 is 0 Å². The van der Waals surface area contributed by atoms with Crippen molar-refractivity contribution in [3.8, 4) is 11.5 Å². The number of rotatable bonds is 8. The van der Waals surface area contributed by atoms with Crippen molar-refractivity contribution in [2.75, 3.05) is 26.8 Å². The van der Waals surface area contributed by atoms with Crippen molar-refractivity contribution in [2.24, 2.45) is 11.8 Å². The quantitative estimate of drug-likeness (QED) is 0.771. The summed E-state index contributed by atoms with van der Waals surface area (Å²) in [6, 6.07) is 5.78. The van der Waals surface area contributed by atoms with E-state index in [1.54, 1.807) is 7.11 Å². The highest BCUT2D eigenvalue weighted by Crippen LogP contribution is 2.28. The number of ether oxygens (including phenoxy) is 2. The average Bonchev–Trinajstić information content (AvgIpc) is 2.49. The third kappa shape index (κ3) is 4.13. The lowest BCUT2D eigenvalue weighted by molar-refractivity contribution is -0.126. The first kappa shape index (κ1) is 16.6. The summed E-state index contributed by atoms with van der Waals surface area (Å²) in [5.74, 6) is 2.07. The summed E-state index contributed by atoms with van der Waals surface area (Å²) in [5.41, 5.74) is 1.01. The first-order valence-electron chi connectivity index (χ1n) is 7.93. The fourth-order valence-electron chi connectivity index (χ4n) is 2.38. The van der Waals surface area contributed by atoms with Crippen molar-refractivity contribution in [2.45, 2.75) is 26.8 Å². The van der Waals surface area contributed by atoms with Crippen molar-refractivity contribution >= 4 is 5.91 Å². The van der Waals surface area contributed by atoms with E-state index in [2.05, 4.69) is 17.6 Å². The van der Waals surface area contributed by atoms with Gasteiger partial charge in [0, 0.05) is 12.5 Å². The normalized spacial score (nSPS) is 15.8. The molecule has 1 saturated heterocycles. The fourth-order valence-corrected chi connectivity index (χ4v) is 2.38. The molecule has 5 heteroatoms. The Kier molecular flexibility index (Phi) is 6.07. The van der Waals surface area contributed by atoms with E-state index in [1.807, 2.05) is 25.1 Å². The second-order valence-corrected chi connectivity index (χ2v) is 5.76. The Morgan fingerprint density at radius 1 is 1.41 bits per heavy atom. The first-order chi connectivity index (χ1) is 10.7. The summed E-state index contributed by atoms with van der Waals surface area (Å²) in [5, 5.41) is 6.20. The van der Waals surface area contributed by atoms with Crippen LogP contribution in [0.4, 0.5) is 0 Å². The summed E-state index contributed by atoms with van der Waals surface area (Å²) < 4.78 is 11.0. The highest BCUT2D eigenvalue weighted by Gasteiger charge is 2.28. The molecule has 1 amide bonds. The molecule has 1 aromatic carbocycles. The van der Waals surface area contributed by atoms with Crippen LogP contribution in [-0.2, 0) is 11.3 Å². The van der Waals surface area contributed by atoms with E-state index in [0.29, 0.717) is 24.8 Å². The Labute approximate surface area is 132 Å². The largest absolute Gasteiger partial charge is 0.493 e. The van der Waals surface area contributed by atoms with Gasteiger partial charge < -0.3 is 20.1 Å². The van der Waals surface area contributed by atoms with Crippen molar-refractivity contribution in [3.63, 3.8) is 0 Å². The predicted molar refractivity (Wildman–Crippen MR) is 86.2 cm³/mol. The fraction of sp³-hybridized carbons (Fsp3) is 0.588. The molecular formula is C17H26N2O3. The minimum Gasteiger partial charge on any atom is -0.493 e. The van der Waals surface area contributed by atoms with Crippen LogP contribution in [0.5, 0.6) is 11.5 Å². The molecular weight excluding hydrogens is 280 g/mol. The molecule has 0 radical (unpaired) electrons. The Bertz CT molecular complexity index is 501. The Hall–Kier alpha value is -1.75. The second kappa shape index (κ2) is 8.03. The van der Waals surface area contributed by atoms with Crippen molar-refractivity contribution in [1.82, 2.24) is 10.6 Å². The molecule has 1 fully saturated rings. The zero-order chi connectivity index (χ0) is 15.9. The molecule has 5 nitrogen and oxygen atoms in total. The van der Waals surface area contributed by atoms with Gasteiger partial charge in [-0.2, -0.15) is 0 Å². The molecule has 0 saturated carbocycles. The summed E-state index contributed by atoms with van der Waals surface area (Å²) in [6.07, 6.45) is 0.953. The minimum absolute atomic E-state index is 0.0512. The maximum atomic E-state index is 12.1. The molecule has 2 rings (SSSR count). The average molecular weight is 306 g/mol. The summed E-state index contributed by atoms with van der Waals surface area (Å²) in [7, 11) is 1.63. The van der Waals surface area contributed by atoms with Crippen LogP contribution < -0.4 is 20.1 Å². The van der Waals surface area contributed by atoms with Crippen LogP contribution in [0.25, 0.3) is 0 Å². The van der Waals surface area contributed by atoms with E-state index < -0.39 is 0 Å². The molecule has 1 atom stereocenters. The van der Waals surface area contributed by atoms with Gasteiger partial charge in [0.25, 0.3) is 0 Å². The van der Waals surface area contributed by atoms with Gasteiger partial charge >= 0.3 is 0 Å². The number of benzene rings is 1. The molecule has 0 spiro atoms. The maximum absolute atomic E-state index is 12.1. The van der Waals surface area contributed by atoms with Gasteiger partial charge in [-0.25, -0.2) is 0 Å². The number of hydrogen-bond donors (Lipinski definition) is 2. The number of nitrogens with one attached hydrogen (secondary N) is 2. The van der Waals surface area contributed by atoms with Gasteiger partial charge in [-0.3, -0.25) is 4.79 Å². The molecule has 1 unspecified atom stereocenters. The Balaban J connectivity index is 1.90. The van der Waals surface area contributed by atoms with Crippen molar-refractivity contribution in [3.05, 3.63) is 23.8 Å². The molecule has 0 aromatic heterocycles. The van der Waals surface area contributed by atoms with Gasteiger partial charge in [-0.05, 0) is 43.1 Å².